The predicted octanol–water partition coefficient (Wildman–Crippen LogP) is 6.86. The van der Waals surface area contributed by atoms with E-state index in [0.29, 0.717) is 11.4 Å². The fourth-order valence-corrected chi connectivity index (χ4v) is 4.12. The molecule has 4 rings (SSSR count). The van der Waals surface area contributed by atoms with E-state index in [2.05, 4.69) is 17.6 Å². The van der Waals surface area contributed by atoms with Gasteiger partial charge < -0.3 is 10.6 Å². The fourth-order valence-electron chi connectivity index (χ4n) is 4.12. The third kappa shape index (κ3) is 5.07. The maximum absolute atomic E-state index is 13.1. The highest BCUT2D eigenvalue weighted by Crippen LogP contribution is 2.33. The number of nitrogens with one attached hydrogen (secondary N) is 2. The Bertz CT molecular complexity index is 1300. The van der Waals surface area contributed by atoms with E-state index in [9.17, 15) is 9.59 Å². The molecule has 170 valence electrons. The molecule has 0 aliphatic carbocycles. The van der Waals surface area contributed by atoms with Gasteiger partial charge in [-0.05, 0) is 35.6 Å². The van der Waals surface area contributed by atoms with Crippen LogP contribution in [0, 0.1) is 6.92 Å². The van der Waals surface area contributed by atoms with E-state index in [4.69, 9.17) is 0 Å². The zero-order chi connectivity index (χ0) is 23.9. The number of rotatable bonds is 6. The largest absolute Gasteiger partial charge is 0.317 e. The number of benzene rings is 4. The minimum atomic E-state index is -0.697. The second-order valence-electron chi connectivity index (χ2n) is 8.23. The van der Waals surface area contributed by atoms with Crippen molar-refractivity contribution in [2.24, 2.45) is 0 Å². The van der Waals surface area contributed by atoms with Crippen LogP contribution in [0.25, 0.3) is 22.3 Å². The monoisotopic (exact) mass is 448 g/mol. The first-order valence-electron chi connectivity index (χ1n) is 11.5. The highest BCUT2D eigenvalue weighted by molar-refractivity contribution is 6.44. The SMILES string of the molecule is CCCc1cccc(-c2ccccc2)c1NC(=O)C(=O)Nc1c(C)cccc1-c1ccccc1. The molecule has 4 aromatic carbocycles. The van der Waals surface area contributed by atoms with Gasteiger partial charge in [-0.25, -0.2) is 0 Å². The van der Waals surface area contributed by atoms with Crippen molar-refractivity contribution in [3.63, 3.8) is 0 Å². The lowest BCUT2D eigenvalue weighted by atomic mass is 9.97. The van der Waals surface area contributed by atoms with Gasteiger partial charge in [0.05, 0.1) is 11.4 Å². The van der Waals surface area contributed by atoms with Crippen LogP contribution in [0.3, 0.4) is 0 Å². The number of aryl methyl sites for hydroxylation is 2. The van der Waals surface area contributed by atoms with Gasteiger partial charge in [-0.1, -0.05) is 110 Å². The summed E-state index contributed by atoms with van der Waals surface area (Å²) in [6.07, 6.45) is 1.73. The molecule has 4 nitrogen and oxygen atoms in total. The molecule has 0 atom stereocenters. The van der Waals surface area contributed by atoms with E-state index >= 15 is 0 Å². The smallest absolute Gasteiger partial charge is 0.314 e. The van der Waals surface area contributed by atoms with Gasteiger partial charge in [0.1, 0.15) is 0 Å². The Balaban J connectivity index is 1.64. The first-order chi connectivity index (χ1) is 16.6. The van der Waals surface area contributed by atoms with Crippen molar-refractivity contribution < 1.29 is 9.59 Å². The summed E-state index contributed by atoms with van der Waals surface area (Å²) in [4.78, 5) is 26.1. The van der Waals surface area contributed by atoms with Crippen LogP contribution in [-0.2, 0) is 16.0 Å². The average Bonchev–Trinajstić information content (AvgIpc) is 2.87. The summed E-state index contributed by atoms with van der Waals surface area (Å²) in [7, 11) is 0. The highest BCUT2D eigenvalue weighted by Gasteiger charge is 2.20. The fraction of sp³-hybridized carbons (Fsp3) is 0.133. The third-order valence-corrected chi connectivity index (χ3v) is 5.80. The number of para-hydroxylation sites is 2. The lowest BCUT2D eigenvalue weighted by molar-refractivity contribution is -0.132. The van der Waals surface area contributed by atoms with E-state index < -0.39 is 11.8 Å². The van der Waals surface area contributed by atoms with Gasteiger partial charge in [-0.15, -0.1) is 0 Å². The van der Waals surface area contributed by atoms with Gasteiger partial charge in [0.25, 0.3) is 0 Å². The molecule has 0 saturated heterocycles. The Labute approximate surface area is 200 Å². The topological polar surface area (TPSA) is 58.2 Å². The number of carbonyl (C=O) groups excluding carboxylic acids is 2. The molecule has 4 heteroatoms. The second kappa shape index (κ2) is 10.6. The molecule has 0 spiro atoms. The Morgan fingerprint density at radius 1 is 0.618 bits per heavy atom. The van der Waals surface area contributed by atoms with Gasteiger partial charge in [0, 0.05) is 11.1 Å². The molecule has 0 aromatic heterocycles. The number of carbonyl (C=O) groups is 2. The average molecular weight is 449 g/mol. The summed E-state index contributed by atoms with van der Waals surface area (Å²) in [6, 6.07) is 31.5. The summed E-state index contributed by atoms with van der Waals surface area (Å²) in [5, 5.41) is 5.77. The Morgan fingerprint density at radius 3 is 1.68 bits per heavy atom. The minimum Gasteiger partial charge on any atom is -0.317 e. The van der Waals surface area contributed by atoms with E-state index in [1.807, 2.05) is 104 Å². The van der Waals surface area contributed by atoms with E-state index in [1.165, 1.54) is 0 Å². The van der Waals surface area contributed by atoms with Crippen LogP contribution < -0.4 is 10.6 Å². The van der Waals surface area contributed by atoms with Crippen LogP contribution in [0.4, 0.5) is 11.4 Å². The van der Waals surface area contributed by atoms with Crippen LogP contribution >= 0.6 is 0 Å². The summed E-state index contributed by atoms with van der Waals surface area (Å²) in [5.74, 6) is -1.39. The van der Waals surface area contributed by atoms with Gasteiger partial charge in [0.15, 0.2) is 0 Å². The quantitative estimate of drug-likeness (QED) is 0.317. The maximum Gasteiger partial charge on any atom is 0.314 e. The molecule has 34 heavy (non-hydrogen) atoms. The summed E-state index contributed by atoms with van der Waals surface area (Å²) in [6.45, 7) is 4.01. The summed E-state index contributed by atoms with van der Waals surface area (Å²) in [5.41, 5.74) is 6.95. The summed E-state index contributed by atoms with van der Waals surface area (Å²) >= 11 is 0. The van der Waals surface area contributed by atoms with Crippen LogP contribution in [0.15, 0.2) is 97.1 Å². The standard InChI is InChI=1S/C30H28N2O2/c1-3-12-24-18-11-20-26(23-16-8-5-9-17-23)28(24)32-30(34)29(33)31-27-21(2)13-10-19-25(27)22-14-6-4-7-15-22/h4-11,13-20H,3,12H2,1-2H3,(H,31,33)(H,32,34). The zero-order valence-electron chi connectivity index (χ0n) is 19.5. The highest BCUT2D eigenvalue weighted by atomic mass is 16.2. The van der Waals surface area contributed by atoms with Gasteiger partial charge in [-0.2, -0.15) is 0 Å². The van der Waals surface area contributed by atoms with Crippen molar-refractivity contribution in [2.75, 3.05) is 10.6 Å². The lowest BCUT2D eigenvalue weighted by Crippen LogP contribution is -2.30. The number of anilines is 2. The third-order valence-electron chi connectivity index (χ3n) is 5.80. The molecule has 0 aliphatic rings. The number of amides is 2. The molecule has 0 saturated carbocycles. The van der Waals surface area contributed by atoms with Crippen LogP contribution in [0.1, 0.15) is 24.5 Å². The van der Waals surface area contributed by atoms with Gasteiger partial charge in [-0.3, -0.25) is 9.59 Å². The molecule has 4 aromatic rings. The zero-order valence-corrected chi connectivity index (χ0v) is 19.5. The first kappa shape index (κ1) is 23.0. The van der Waals surface area contributed by atoms with Crippen molar-refractivity contribution in [3.8, 4) is 22.3 Å². The lowest BCUT2D eigenvalue weighted by Gasteiger charge is -2.17. The molecule has 2 amide bonds. The molecule has 0 radical (unpaired) electrons. The van der Waals surface area contributed by atoms with Crippen molar-refractivity contribution in [1.29, 1.82) is 0 Å². The van der Waals surface area contributed by atoms with E-state index in [1.54, 1.807) is 0 Å². The van der Waals surface area contributed by atoms with Crippen molar-refractivity contribution in [3.05, 3.63) is 108 Å². The number of hydrogen-bond donors (Lipinski definition) is 2. The molecular formula is C30H28N2O2. The Morgan fingerprint density at radius 2 is 1.12 bits per heavy atom. The molecular weight excluding hydrogens is 420 g/mol. The second-order valence-corrected chi connectivity index (χ2v) is 8.23. The van der Waals surface area contributed by atoms with Gasteiger partial charge >= 0.3 is 11.8 Å². The van der Waals surface area contributed by atoms with Crippen LogP contribution in [0.2, 0.25) is 0 Å². The minimum absolute atomic E-state index is 0.638. The Hall–Kier alpha value is -4.18. The van der Waals surface area contributed by atoms with Gasteiger partial charge in [0.2, 0.25) is 0 Å². The van der Waals surface area contributed by atoms with Crippen molar-refractivity contribution in [1.82, 2.24) is 0 Å². The summed E-state index contributed by atoms with van der Waals surface area (Å²) < 4.78 is 0. The first-order valence-corrected chi connectivity index (χ1v) is 11.5. The molecule has 0 aliphatic heterocycles. The predicted molar refractivity (Wildman–Crippen MR) is 140 cm³/mol. The van der Waals surface area contributed by atoms with Crippen molar-refractivity contribution >= 4 is 23.2 Å². The molecule has 0 bridgehead atoms. The number of hydrogen-bond acceptors (Lipinski definition) is 2. The molecule has 0 unspecified atom stereocenters. The maximum atomic E-state index is 13.1. The van der Waals surface area contributed by atoms with E-state index in [-0.39, 0.29) is 0 Å². The Kier molecular flexibility index (Phi) is 7.19. The van der Waals surface area contributed by atoms with Crippen LogP contribution in [0.5, 0.6) is 0 Å². The molecule has 0 fully saturated rings. The van der Waals surface area contributed by atoms with Crippen molar-refractivity contribution in [2.45, 2.75) is 26.7 Å². The molecule has 2 N–H and O–H groups in total. The van der Waals surface area contributed by atoms with E-state index in [0.717, 1.165) is 46.2 Å². The molecule has 0 heterocycles. The van der Waals surface area contributed by atoms with Crippen LogP contribution in [-0.4, -0.2) is 11.8 Å². The normalized spacial score (nSPS) is 10.5.